The van der Waals surface area contributed by atoms with Gasteiger partial charge in [-0.1, -0.05) is 33.2 Å². The average Bonchev–Trinajstić information content (AvgIpc) is 3.20. The fourth-order valence-corrected chi connectivity index (χ4v) is 2.83. The van der Waals surface area contributed by atoms with Gasteiger partial charge in [0.1, 0.15) is 0 Å². The van der Waals surface area contributed by atoms with Crippen LogP contribution in [-0.2, 0) is 16.1 Å². The van der Waals surface area contributed by atoms with Crippen LogP contribution in [-0.4, -0.2) is 21.1 Å². The summed E-state index contributed by atoms with van der Waals surface area (Å²) in [5, 5.41) is 6.68. The third-order valence-electron chi connectivity index (χ3n) is 2.92. The van der Waals surface area contributed by atoms with E-state index < -0.39 is 5.97 Å². The summed E-state index contributed by atoms with van der Waals surface area (Å²) >= 11 is 4.90. The zero-order valence-corrected chi connectivity index (χ0v) is 15.0. The van der Waals surface area contributed by atoms with E-state index in [4.69, 9.17) is 9.26 Å². The van der Waals surface area contributed by atoms with Gasteiger partial charge in [0.2, 0.25) is 5.82 Å². The maximum atomic E-state index is 11.7. The molecule has 0 N–H and O–H groups in total. The Morgan fingerprint density at radius 2 is 2.29 bits per heavy atom. The van der Waals surface area contributed by atoms with Gasteiger partial charge in [0.25, 0.3) is 5.89 Å². The molecule has 0 bridgehead atoms. The van der Waals surface area contributed by atoms with Crippen molar-refractivity contribution in [3.05, 3.63) is 56.8 Å². The maximum absolute atomic E-state index is 11.7. The van der Waals surface area contributed by atoms with Crippen LogP contribution in [0, 0.1) is 6.92 Å². The Morgan fingerprint density at radius 1 is 1.42 bits per heavy atom. The minimum atomic E-state index is -0.497. The first-order valence-corrected chi connectivity index (χ1v) is 8.63. The first kappa shape index (κ1) is 16.5. The number of benzene rings is 1. The van der Waals surface area contributed by atoms with Gasteiger partial charge in [0.05, 0.1) is 10.7 Å². The van der Waals surface area contributed by atoms with Crippen LogP contribution in [0.25, 0.3) is 17.5 Å². The molecular formula is C16H12BrN3O3S. The molecule has 0 atom stereocenters. The minimum absolute atomic E-state index is 0.0831. The third kappa shape index (κ3) is 4.36. The smallest absolute Gasteiger partial charge is 0.331 e. The molecule has 0 aliphatic heterocycles. The molecule has 24 heavy (non-hydrogen) atoms. The summed E-state index contributed by atoms with van der Waals surface area (Å²) in [6, 6.07) is 7.52. The monoisotopic (exact) mass is 405 g/mol. The second-order valence-corrected chi connectivity index (χ2v) is 6.73. The number of carbonyl (C=O) groups excluding carboxylic acids is 1. The van der Waals surface area contributed by atoms with Crippen molar-refractivity contribution in [1.29, 1.82) is 0 Å². The number of carbonyl (C=O) groups is 1. The van der Waals surface area contributed by atoms with Gasteiger partial charge in [-0.15, -0.1) is 11.3 Å². The summed E-state index contributed by atoms with van der Waals surface area (Å²) in [6.07, 6.45) is 2.92. The molecule has 0 aliphatic rings. The quantitative estimate of drug-likeness (QED) is 0.471. The summed E-state index contributed by atoms with van der Waals surface area (Å²) in [4.78, 5) is 20.1. The molecule has 0 saturated carbocycles. The average molecular weight is 406 g/mol. The lowest BCUT2D eigenvalue weighted by Crippen LogP contribution is -2.01. The SMILES string of the molecule is Cc1nc(/C=C/C(=O)OCc2nc(-c3cccc(Br)c3)no2)cs1. The number of aryl methyl sites for hydroxylation is 1. The van der Waals surface area contributed by atoms with Crippen LogP contribution in [0.1, 0.15) is 16.6 Å². The topological polar surface area (TPSA) is 78.1 Å². The predicted octanol–water partition coefficient (Wildman–Crippen LogP) is 4.02. The highest BCUT2D eigenvalue weighted by Crippen LogP contribution is 2.20. The zero-order valence-electron chi connectivity index (χ0n) is 12.6. The lowest BCUT2D eigenvalue weighted by atomic mass is 10.2. The largest absolute Gasteiger partial charge is 0.452 e. The van der Waals surface area contributed by atoms with Gasteiger partial charge >= 0.3 is 5.97 Å². The molecule has 2 heterocycles. The van der Waals surface area contributed by atoms with E-state index in [1.165, 1.54) is 17.4 Å². The van der Waals surface area contributed by atoms with Crippen LogP contribution in [0.15, 0.2) is 44.7 Å². The van der Waals surface area contributed by atoms with Gasteiger partial charge in [-0.2, -0.15) is 4.98 Å². The number of hydrogen-bond donors (Lipinski definition) is 0. The number of aromatic nitrogens is 3. The maximum Gasteiger partial charge on any atom is 0.331 e. The van der Waals surface area contributed by atoms with E-state index >= 15 is 0 Å². The first-order valence-electron chi connectivity index (χ1n) is 6.95. The van der Waals surface area contributed by atoms with Crippen LogP contribution < -0.4 is 0 Å². The number of thiazole rings is 1. The van der Waals surface area contributed by atoms with E-state index in [0.717, 1.165) is 20.7 Å². The first-order chi connectivity index (χ1) is 11.6. The lowest BCUT2D eigenvalue weighted by molar-refractivity contribution is -0.139. The van der Waals surface area contributed by atoms with Gasteiger partial charge < -0.3 is 9.26 Å². The molecule has 0 unspecified atom stereocenters. The van der Waals surface area contributed by atoms with E-state index in [0.29, 0.717) is 5.82 Å². The molecule has 122 valence electrons. The van der Waals surface area contributed by atoms with Crippen molar-refractivity contribution >= 4 is 39.3 Å². The van der Waals surface area contributed by atoms with E-state index in [2.05, 4.69) is 31.1 Å². The van der Waals surface area contributed by atoms with E-state index in [9.17, 15) is 4.79 Å². The van der Waals surface area contributed by atoms with Gasteiger partial charge in [0.15, 0.2) is 6.61 Å². The standard InChI is InChI=1S/C16H12BrN3O3S/c1-10-18-13(9-24-10)5-6-15(21)22-8-14-19-16(20-23-14)11-3-2-4-12(17)7-11/h2-7,9H,8H2,1H3/b6-5+. The molecule has 8 heteroatoms. The normalized spacial score (nSPS) is 11.1. The molecular weight excluding hydrogens is 394 g/mol. The molecule has 0 radical (unpaired) electrons. The molecule has 0 aliphatic carbocycles. The molecule has 3 aromatic rings. The van der Waals surface area contributed by atoms with Crippen molar-refractivity contribution in [2.75, 3.05) is 0 Å². The fraction of sp³-hybridized carbons (Fsp3) is 0.125. The van der Waals surface area contributed by atoms with Crippen molar-refractivity contribution in [3.63, 3.8) is 0 Å². The van der Waals surface area contributed by atoms with Crippen LogP contribution in [0.3, 0.4) is 0 Å². The Labute approximate surface area is 150 Å². The van der Waals surface area contributed by atoms with E-state index in [-0.39, 0.29) is 12.5 Å². The van der Waals surface area contributed by atoms with Crippen molar-refractivity contribution in [2.45, 2.75) is 13.5 Å². The van der Waals surface area contributed by atoms with Gasteiger partial charge in [0, 0.05) is 21.5 Å². The molecule has 6 nitrogen and oxygen atoms in total. The number of ether oxygens (including phenoxy) is 1. The predicted molar refractivity (Wildman–Crippen MR) is 93.1 cm³/mol. The summed E-state index contributed by atoms with van der Waals surface area (Å²) < 4.78 is 11.1. The Morgan fingerprint density at radius 3 is 3.04 bits per heavy atom. The molecule has 2 aromatic heterocycles. The van der Waals surface area contributed by atoms with Crippen LogP contribution in [0.2, 0.25) is 0 Å². The molecule has 0 amide bonds. The van der Waals surface area contributed by atoms with Crippen LogP contribution in [0.5, 0.6) is 0 Å². The third-order valence-corrected chi connectivity index (χ3v) is 4.20. The van der Waals surface area contributed by atoms with Crippen LogP contribution >= 0.6 is 27.3 Å². The van der Waals surface area contributed by atoms with Crippen LogP contribution in [0.4, 0.5) is 0 Å². The second-order valence-electron chi connectivity index (χ2n) is 4.75. The Hall–Kier alpha value is -2.32. The Kier molecular flexibility index (Phi) is 5.17. The number of hydrogen-bond acceptors (Lipinski definition) is 7. The number of esters is 1. The lowest BCUT2D eigenvalue weighted by Gasteiger charge is -1.96. The minimum Gasteiger partial charge on any atom is -0.452 e. The fourth-order valence-electron chi connectivity index (χ4n) is 1.85. The van der Waals surface area contributed by atoms with Gasteiger partial charge in [-0.05, 0) is 25.1 Å². The summed E-state index contributed by atoms with van der Waals surface area (Å²) in [6.45, 7) is 1.82. The number of nitrogens with zero attached hydrogens (tertiary/aromatic N) is 3. The highest BCUT2D eigenvalue weighted by atomic mass is 79.9. The van der Waals surface area contributed by atoms with E-state index in [1.54, 1.807) is 6.08 Å². The molecule has 0 fully saturated rings. The molecule has 0 saturated heterocycles. The highest BCUT2D eigenvalue weighted by Gasteiger charge is 2.10. The molecule has 0 spiro atoms. The van der Waals surface area contributed by atoms with Crippen molar-refractivity contribution in [1.82, 2.24) is 15.1 Å². The van der Waals surface area contributed by atoms with Crippen molar-refractivity contribution in [3.8, 4) is 11.4 Å². The van der Waals surface area contributed by atoms with Gasteiger partial charge in [-0.25, -0.2) is 9.78 Å². The second kappa shape index (κ2) is 7.50. The summed E-state index contributed by atoms with van der Waals surface area (Å²) in [5.41, 5.74) is 1.54. The van der Waals surface area contributed by atoms with Crippen molar-refractivity contribution in [2.24, 2.45) is 0 Å². The zero-order chi connectivity index (χ0) is 16.9. The van der Waals surface area contributed by atoms with Crippen molar-refractivity contribution < 1.29 is 14.1 Å². The number of rotatable bonds is 5. The Bertz CT molecular complexity index is 888. The number of halogens is 1. The summed E-state index contributed by atoms with van der Waals surface area (Å²) in [7, 11) is 0. The van der Waals surface area contributed by atoms with Gasteiger partial charge in [-0.3, -0.25) is 0 Å². The highest BCUT2D eigenvalue weighted by molar-refractivity contribution is 9.10. The molecule has 1 aromatic carbocycles. The Balaban J connectivity index is 1.57. The van der Waals surface area contributed by atoms with E-state index in [1.807, 2.05) is 36.6 Å². The molecule has 3 rings (SSSR count). The summed E-state index contributed by atoms with van der Waals surface area (Å²) in [5.74, 6) is 0.176.